The third kappa shape index (κ3) is 4.74. The number of carbonyl (C=O) groups excluding carboxylic acids is 1. The molecule has 29 heavy (non-hydrogen) atoms. The normalized spacial score (nSPS) is 16.0. The lowest BCUT2D eigenvalue weighted by Crippen LogP contribution is -2.39. The molecule has 0 bridgehead atoms. The Balaban J connectivity index is 1.34. The number of likely N-dealkylation sites (tertiary alicyclic amines) is 1. The molecule has 1 saturated heterocycles. The van der Waals surface area contributed by atoms with Crippen LogP contribution in [0.15, 0.2) is 59.1 Å². The highest BCUT2D eigenvalue weighted by Crippen LogP contribution is 2.30. The van der Waals surface area contributed by atoms with Crippen LogP contribution in [0.2, 0.25) is 0 Å². The number of aryl methyl sites for hydroxylation is 1. The van der Waals surface area contributed by atoms with Crippen molar-refractivity contribution in [3.63, 3.8) is 0 Å². The van der Waals surface area contributed by atoms with E-state index >= 15 is 0 Å². The van der Waals surface area contributed by atoms with Gasteiger partial charge in [0.2, 0.25) is 0 Å². The van der Waals surface area contributed by atoms with Crippen LogP contribution in [0.4, 0.5) is 4.79 Å². The molecular weight excluding hydrogens is 368 g/mol. The Morgan fingerprint density at radius 3 is 2.79 bits per heavy atom. The molecule has 1 aromatic heterocycles. The lowest BCUT2D eigenvalue weighted by molar-refractivity contribution is 0.189. The van der Waals surface area contributed by atoms with Crippen molar-refractivity contribution in [2.75, 3.05) is 6.54 Å². The van der Waals surface area contributed by atoms with E-state index in [-0.39, 0.29) is 18.7 Å². The molecule has 7 heteroatoms. The van der Waals surface area contributed by atoms with Crippen LogP contribution in [0.5, 0.6) is 5.75 Å². The first-order valence-corrected chi connectivity index (χ1v) is 9.79. The Hall–Kier alpha value is -3.35. The van der Waals surface area contributed by atoms with Crippen LogP contribution in [-0.2, 0) is 13.2 Å². The minimum absolute atomic E-state index is 0.112. The smallest absolute Gasteiger partial charge is 0.318 e. The van der Waals surface area contributed by atoms with Crippen molar-refractivity contribution in [3.8, 4) is 5.75 Å². The van der Waals surface area contributed by atoms with Crippen molar-refractivity contribution in [3.05, 3.63) is 77.4 Å². The van der Waals surface area contributed by atoms with Crippen LogP contribution in [0.3, 0.4) is 0 Å². The topological polar surface area (TPSA) is 80.5 Å². The lowest BCUT2D eigenvalue weighted by atomic mass is 10.2. The molecule has 0 radical (unpaired) electrons. The largest absolute Gasteiger partial charge is 0.484 e. The minimum Gasteiger partial charge on any atom is -0.484 e. The second-order valence-electron chi connectivity index (χ2n) is 7.14. The van der Waals surface area contributed by atoms with Crippen molar-refractivity contribution in [1.29, 1.82) is 0 Å². The van der Waals surface area contributed by atoms with Crippen molar-refractivity contribution in [2.45, 2.75) is 39.0 Å². The molecule has 1 N–H and O–H groups in total. The third-order valence-electron chi connectivity index (χ3n) is 4.97. The summed E-state index contributed by atoms with van der Waals surface area (Å²) in [5.74, 6) is 1.68. The number of ether oxygens (including phenoxy) is 1. The molecule has 2 amide bonds. The minimum atomic E-state index is -0.178. The quantitative estimate of drug-likeness (QED) is 0.686. The predicted molar refractivity (Wildman–Crippen MR) is 107 cm³/mol. The van der Waals surface area contributed by atoms with Crippen molar-refractivity contribution in [1.82, 2.24) is 20.4 Å². The Bertz CT molecular complexity index is 940. The number of urea groups is 1. The molecule has 7 nitrogen and oxygen atoms in total. The number of hydrogen-bond acceptors (Lipinski definition) is 5. The first-order valence-electron chi connectivity index (χ1n) is 9.79. The Morgan fingerprint density at radius 2 is 2.00 bits per heavy atom. The summed E-state index contributed by atoms with van der Waals surface area (Å²) in [7, 11) is 0. The number of hydrogen-bond donors (Lipinski definition) is 1. The molecule has 1 fully saturated rings. The highest BCUT2D eigenvalue weighted by atomic mass is 16.5. The van der Waals surface area contributed by atoms with Gasteiger partial charge in [-0.1, -0.05) is 53.2 Å². The maximum Gasteiger partial charge on any atom is 0.318 e. The number of nitrogens with one attached hydrogen (secondary N) is 1. The highest BCUT2D eigenvalue weighted by Gasteiger charge is 2.33. The molecule has 1 unspecified atom stereocenters. The van der Waals surface area contributed by atoms with Crippen molar-refractivity contribution in [2.24, 2.45) is 0 Å². The zero-order valence-corrected chi connectivity index (χ0v) is 16.4. The first-order chi connectivity index (χ1) is 14.2. The predicted octanol–water partition coefficient (Wildman–Crippen LogP) is 4.00. The number of carbonyl (C=O) groups is 1. The number of amides is 2. The van der Waals surface area contributed by atoms with Crippen LogP contribution in [0.25, 0.3) is 0 Å². The Morgan fingerprint density at radius 1 is 1.21 bits per heavy atom. The molecule has 2 aromatic carbocycles. The first kappa shape index (κ1) is 19.0. The van der Waals surface area contributed by atoms with Crippen LogP contribution < -0.4 is 10.1 Å². The molecule has 1 aliphatic heterocycles. The van der Waals surface area contributed by atoms with Gasteiger partial charge < -0.3 is 19.5 Å². The maximum atomic E-state index is 12.7. The van der Waals surface area contributed by atoms with E-state index in [1.165, 1.54) is 5.56 Å². The number of nitrogens with zero attached hydrogens (tertiary/aromatic N) is 3. The van der Waals surface area contributed by atoms with E-state index < -0.39 is 0 Å². The molecule has 1 atom stereocenters. The zero-order chi connectivity index (χ0) is 20.1. The van der Waals surface area contributed by atoms with Gasteiger partial charge in [0.05, 0.1) is 6.04 Å². The van der Waals surface area contributed by atoms with Gasteiger partial charge in [0.25, 0.3) is 5.89 Å². The number of aromatic nitrogens is 2. The van der Waals surface area contributed by atoms with Gasteiger partial charge >= 0.3 is 6.03 Å². The summed E-state index contributed by atoms with van der Waals surface area (Å²) in [6.07, 6.45) is 1.73. The van der Waals surface area contributed by atoms with E-state index in [9.17, 15) is 4.79 Å². The average Bonchev–Trinajstić information content (AvgIpc) is 3.42. The van der Waals surface area contributed by atoms with Gasteiger partial charge in [-0.05, 0) is 37.5 Å². The monoisotopic (exact) mass is 392 g/mol. The van der Waals surface area contributed by atoms with Crippen LogP contribution in [0.1, 0.15) is 41.7 Å². The summed E-state index contributed by atoms with van der Waals surface area (Å²) < 4.78 is 11.0. The molecule has 0 saturated carbocycles. The van der Waals surface area contributed by atoms with Crippen molar-refractivity contribution >= 4 is 6.03 Å². The summed E-state index contributed by atoms with van der Waals surface area (Å²) in [6.45, 7) is 3.39. The van der Waals surface area contributed by atoms with E-state index in [0.717, 1.165) is 24.2 Å². The molecule has 0 spiro atoms. The Labute approximate surface area is 169 Å². The molecule has 3 aromatic rings. The second-order valence-corrected chi connectivity index (χ2v) is 7.14. The van der Waals surface area contributed by atoms with Gasteiger partial charge in [0.15, 0.2) is 12.4 Å². The number of rotatable bonds is 6. The van der Waals surface area contributed by atoms with Gasteiger partial charge in [-0.2, -0.15) is 4.98 Å². The van der Waals surface area contributed by atoms with E-state index in [0.29, 0.717) is 24.8 Å². The van der Waals surface area contributed by atoms with Crippen molar-refractivity contribution < 1.29 is 14.1 Å². The summed E-state index contributed by atoms with van der Waals surface area (Å²) in [5, 5.41) is 7.06. The number of benzene rings is 2. The summed E-state index contributed by atoms with van der Waals surface area (Å²) in [4.78, 5) is 18.9. The standard InChI is InChI=1S/C22H24N4O3/c1-16-9-11-18(12-10-16)28-15-20-24-21(25-29-20)19-8-5-13-26(19)22(27)23-14-17-6-3-2-4-7-17/h2-4,6-7,9-12,19H,5,8,13-15H2,1H3,(H,23,27). The fourth-order valence-electron chi connectivity index (χ4n) is 3.39. The average molecular weight is 392 g/mol. The molecule has 2 heterocycles. The van der Waals surface area contributed by atoms with Gasteiger partial charge in [-0.25, -0.2) is 4.79 Å². The molecule has 1 aliphatic rings. The SMILES string of the molecule is Cc1ccc(OCc2nc(C3CCCN3C(=O)NCc3ccccc3)no2)cc1. The van der Waals surface area contributed by atoms with E-state index in [4.69, 9.17) is 9.26 Å². The van der Waals surface area contributed by atoms with Crippen LogP contribution in [0, 0.1) is 6.92 Å². The van der Waals surface area contributed by atoms with E-state index in [2.05, 4.69) is 15.5 Å². The van der Waals surface area contributed by atoms with Crippen LogP contribution in [-0.4, -0.2) is 27.6 Å². The maximum absolute atomic E-state index is 12.7. The molecule has 150 valence electrons. The van der Waals surface area contributed by atoms with Gasteiger partial charge in [0.1, 0.15) is 5.75 Å². The van der Waals surface area contributed by atoms with Gasteiger partial charge in [-0.3, -0.25) is 0 Å². The van der Waals surface area contributed by atoms with Gasteiger partial charge in [0, 0.05) is 13.1 Å². The summed E-state index contributed by atoms with van der Waals surface area (Å²) in [5.41, 5.74) is 2.23. The third-order valence-corrected chi connectivity index (χ3v) is 4.97. The molecule has 0 aliphatic carbocycles. The summed E-state index contributed by atoms with van der Waals surface area (Å²) >= 11 is 0. The molecular formula is C22H24N4O3. The fourth-order valence-corrected chi connectivity index (χ4v) is 3.39. The second kappa shape index (κ2) is 8.77. The van der Waals surface area contributed by atoms with Gasteiger partial charge in [-0.15, -0.1) is 0 Å². The Kier molecular flexibility index (Phi) is 5.74. The van der Waals surface area contributed by atoms with E-state index in [1.54, 1.807) is 4.90 Å². The fraction of sp³-hybridized carbons (Fsp3) is 0.318. The van der Waals surface area contributed by atoms with Crippen LogP contribution >= 0.6 is 0 Å². The zero-order valence-electron chi connectivity index (χ0n) is 16.4. The van der Waals surface area contributed by atoms with E-state index in [1.807, 2.05) is 61.5 Å². The molecule has 4 rings (SSSR count). The lowest BCUT2D eigenvalue weighted by Gasteiger charge is -2.22. The summed E-state index contributed by atoms with van der Waals surface area (Å²) in [6, 6.07) is 17.3. The highest BCUT2D eigenvalue weighted by molar-refractivity contribution is 5.75.